The number of esters is 3. The lowest BCUT2D eigenvalue weighted by Crippen LogP contribution is -2.30. The van der Waals surface area contributed by atoms with Gasteiger partial charge in [0.15, 0.2) is 6.10 Å². The molecule has 1 atom stereocenters. The van der Waals surface area contributed by atoms with Gasteiger partial charge in [-0.1, -0.05) is 378 Å². The van der Waals surface area contributed by atoms with Gasteiger partial charge in [-0.05, 0) is 57.8 Å². The minimum absolute atomic E-state index is 0.0809. The van der Waals surface area contributed by atoms with Crippen LogP contribution in [-0.4, -0.2) is 37.2 Å². The fourth-order valence-electron chi connectivity index (χ4n) is 11.3. The van der Waals surface area contributed by atoms with Crippen LogP contribution in [0.3, 0.4) is 0 Å². The Bertz CT molecular complexity index is 1430. The maximum Gasteiger partial charge on any atom is 0.306 e. The summed E-state index contributed by atoms with van der Waals surface area (Å²) in [4.78, 5) is 38.4. The summed E-state index contributed by atoms with van der Waals surface area (Å²) in [6, 6.07) is 0. The van der Waals surface area contributed by atoms with Crippen LogP contribution >= 0.6 is 0 Å². The van der Waals surface area contributed by atoms with Crippen LogP contribution < -0.4 is 0 Å². The van der Waals surface area contributed by atoms with Crippen LogP contribution in [0.4, 0.5) is 0 Å². The number of unbranched alkanes of at least 4 members (excludes halogenated alkanes) is 50. The lowest BCUT2D eigenvalue weighted by Gasteiger charge is -2.18. The maximum atomic E-state index is 13.0. The van der Waals surface area contributed by atoms with Gasteiger partial charge in [-0.3, -0.25) is 14.4 Å². The normalized spacial score (nSPS) is 12.3. The number of hydrogen-bond acceptors (Lipinski definition) is 6. The van der Waals surface area contributed by atoms with E-state index in [2.05, 4.69) is 69.4 Å². The van der Waals surface area contributed by atoms with Gasteiger partial charge in [-0.25, -0.2) is 0 Å². The van der Waals surface area contributed by atoms with E-state index in [0.717, 1.165) is 83.5 Å². The highest BCUT2D eigenvalue weighted by atomic mass is 16.6. The molecule has 0 N–H and O–H groups in total. The average Bonchev–Trinajstić information content (AvgIpc) is 3.50. The standard InChI is InChI=1S/C77H142O6/c1-4-7-10-13-16-19-22-25-28-30-32-33-34-35-36-37-38-39-40-41-42-43-45-46-49-52-55-58-61-64-67-70-76(79)82-73-74(72-81-75(78)69-66-63-60-57-54-51-48-27-24-21-18-15-12-9-6-3)83-77(80)71-68-65-62-59-56-53-50-47-44-31-29-26-23-20-17-14-11-8-5-2/h9,12,18,21,27,48,54,57,74H,4-8,10-11,13-17,19-20,22-26,28-47,49-53,55-56,58-73H2,1-3H3/b12-9-,21-18-,48-27-,57-54-. The van der Waals surface area contributed by atoms with Gasteiger partial charge in [0.2, 0.25) is 0 Å². The highest BCUT2D eigenvalue weighted by molar-refractivity contribution is 5.71. The van der Waals surface area contributed by atoms with Crippen molar-refractivity contribution < 1.29 is 28.6 Å². The molecule has 0 aliphatic carbocycles. The van der Waals surface area contributed by atoms with Crippen molar-refractivity contribution in [2.24, 2.45) is 0 Å². The monoisotopic (exact) mass is 1160 g/mol. The fraction of sp³-hybridized carbons (Fsp3) is 0.857. The fourth-order valence-corrected chi connectivity index (χ4v) is 11.3. The quantitative estimate of drug-likeness (QED) is 0.0261. The molecule has 0 heterocycles. The minimum Gasteiger partial charge on any atom is -0.462 e. The molecule has 0 aromatic rings. The summed E-state index contributed by atoms with van der Waals surface area (Å²) in [6.45, 7) is 6.57. The van der Waals surface area contributed by atoms with E-state index in [-0.39, 0.29) is 31.1 Å². The predicted octanol–water partition coefficient (Wildman–Crippen LogP) is 25.7. The summed E-state index contributed by atoms with van der Waals surface area (Å²) in [6.07, 6.45) is 91.7. The Hall–Kier alpha value is -2.63. The Labute approximate surface area is 518 Å². The maximum absolute atomic E-state index is 13.0. The van der Waals surface area contributed by atoms with E-state index in [1.807, 2.05) is 0 Å². The largest absolute Gasteiger partial charge is 0.462 e. The number of allylic oxidation sites excluding steroid dienone is 8. The summed E-state index contributed by atoms with van der Waals surface area (Å²) in [5.74, 6) is -0.895. The Morgan fingerprint density at radius 2 is 0.470 bits per heavy atom. The van der Waals surface area contributed by atoms with Crippen LogP contribution in [0.15, 0.2) is 48.6 Å². The van der Waals surface area contributed by atoms with Crippen LogP contribution in [-0.2, 0) is 28.6 Å². The van der Waals surface area contributed by atoms with E-state index in [1.54, 1.807) is 0 Å². The predicted molar refractivity (Wildman–Crippen MR) is 362 cm³/mol. The third-order valence-corrected chi connectivity index (χ3v) is 16.8. The molecule has 0 radical (unpaired) electrons. The first-order chi connectivity index (χ1) is 41.0. The van der Waals surface area contributed by atoms with E-state index in [9.17, 15) is 14.4 Å². The molecule has 0 aliphatic heterocycles. The van der Waals surface area contributed by atoms with Crippen molar-refractivity contribution in [1.82, 2.24) is 0 Å². The number of rotatable bonds is 69. The van der Waals surface area contributed by atoms with E-state index < -0.39 is 6.10 Å². The van der Waals surface area contributed by atoms with E-state index in [1.165, 1.54) is 283 Å². The third kappa shape index (κ3) is 70.0. The van der Waals surface area contributed by atoms with Crippen molar-refractivity contribution in [3.63, 3.8) is 0 Å². The SMILES string of the molecule is CC/C=C\C/C=C\C/C=C\C/C=C\CCCCC(=O)OCC(COC(=O)CCCCCCCCCCCCCCCCCCCCCCCCCCCCCCCCC)OC(=O)CCCCCCCCCCCCCCCCCCCCC. The van der Waals surface area contributed by atoms with Crippen molar-refractivity contribution in [1.29, 1.82) is 0 Å². The highest BCUT2D eigenvalue weighted by Gasteiger charge is 2.19. The molecule has 0 spiro atoms. The van der Waals surface area contributed by atoms with Gasteiger partial charge < -0.3 is 14.2 Å². The zero-order valence-corrected chi connectivity index (χ0v) is 56.0. The van der Waals surface area contributed by atoms with Gasteiger partial charge in [0, 0.05) is 19.3 Å². The smallest absolute Gasteiger partial charge is 0.306 e. The second-order valence-corrected chi connectivity index (χ2v) is 25.2. The number of hydrogen-bond donors (Lipinski definition) is 0. The van der Waals surface area contributed by atoms with Crippen LogP contribution in [0.5, 0.6) is 0 Å². The van der Waals surface area contributed by atoms with Crippen LogP contribution in [0.1, 0.15) is 406 Å². The van der Waals surface area contributed by atoms with Crippen molar-refractivity contribution in [3.8, 4) is 0 Å². The lowest BCUT2D eigenvalue weighted by molar-refractivity contribution is -0.167. The first-order valence-corrected chi connectivity index (χ1v) is 37.1. The first kappa shape index (κ1) is 80.4. The molecule has 0 amide bonds. The van der Waals surface area contributed by atoms with Crippen molar-refractivity contribution in [2.75, 3.05) is 13.2 Å². The molecule has 0 fully saturated rings. The molecular weight excluding hydrogens is 1020 g/mol. The summed E-state index contributed by atoms with van der Waals surface area (Å²) < 4.78 is 17.0. The number of carbonyl (C=O) groups excluding carboxylic acids is 3. The molecule has 6 nitrogen and oxygen atoms in total. The van der Waals surface area contributed by atoms with Crippen molar-refractivity contribution in [3.05, 3.63) is 48.6 Å². The number of ether oxygens (including phenoxy) is 3. The van der Waals surface area contributed by atoms with Gasteiger partial charge in [-0.2, -0.15) is 0 Å². The Balaban J connectivity index is 4.19. The average molecular weight is 1160 g/mol. The second-order valence-electron chi connectivity index (χ2n) is 25.2. The molecule has 1 unspecified atom stereocenters. The van der Waals surface area contributed by atoms with Crippen molar-refractivity contribution in [2.45, 2.75) is 412 Å². The van der Waals surface area contributed by atoms with E-state index in [0.29, 0.717) is 19.3 Å². The molecule has 0 saturated heterocycles. The van der Waals surface area contributed by atoms with Crippen LogP contribution in [0.25, 0.3) is 0 Å². The van der Waals surface area contributed by atoms with E-state index in [4.69, 9.17) is 14.2 Å². The molecule has 0 aromatic carbocycles. The molecular formula is C77H142O6. The highest BCUT2D eigenvalue weighted by Crippen LogP contribution is 2.19. The van der Waals surface area contributed by atoms with Gasteiger partial charge in [0.25, 0.3) is 0 Å². The van der Waals surface area contributed by atoms with Gasteiger partial charge in [0.1, 0.15) is 13.2 Å². The summed E-state index contributed by atoms with van der Waals surface area (Å²) in [7, 11) is 0. The van der Waals surface area contributed by atoms with Gasteiger partial charge >= 0.3 is 17.9 Å². The number of carbonyl (C=O) groups is 3. The molecule has 0 rings (SSSR count). The molecule has 0 bridgehead atoms. The van der Waals surface area contributed by atoms with Gasteiger partial charge in [0.05, 0.1) is 0 Å². The zero-order chi connectivity index (χ0) is 59.9. The van der Waals surface area contributed by atoms with E-state index >= 15 is 0 Å². The molecule has 0 aromatic heterocycles. The lowest BCUT2D eigenvalue weighted by atomic mass is 10.0. The molecule has 486 valence electrons. The van der Waals surface area contributed by atoms with Crippen LogP contribution in [0.2, 0.25) is 0 Å². The Kier molecular flexibility index (Phi) is 69.6. The Morgan fingerprint density at radius 3 is 0.735 bits per heavy atom. The van der Waals surface area contributed by atoms with Crippen LogP contribution in [0, 0.1) is 0 Å². The topological polar surface area (TPSA) is 78.9 Å². The Morgan fingerprint density at radius 1 is 0.253 bits per heavy atom. The third-order valence-electron chi connectivity index (χ3n) is 16.8. The zero-order valence-electron chi connectivity index (χ0n) is 56.0. The second kappa shape index (κ2) is 71.8. The summed E-state index contributed by atoms with van der Waals surface area (Å²) in [5, 5.41) is 0. The first-order valence-electron chi connectivity index (χ1n) is 37.1. The summed E-state index contributed by atoms with van der Waals surface area (Å²) in [5.41, 5.74) is 0. The molecule has 0 aliphatic rings. The summed E-state index contributed by atoms with van der Waals surface area (Å²) >= 11 is 0. The minimum atomic E-state index is -0.789. The molecule has 6 heteroatoms. The van der Waals surface area contributed by atoms with Crippen molar-refractivity contribution >= 4 is 17.9 Å². The van der Waals surface area contributed by atoms with Gasteiger partial charge in [-0.15, -0.1) is 0 Å². The molecule has 83 heavy (non-hydrogen) atoms. The molecule has 0 saturated carbocycles.